The van der Waals surface area contributed by atoms with Crippen molar-refractivity contribution in [3.63, 3.8) is 0 Å². The first kappa shape index (κ1) is 12.0. The van der Waals surface area contributed by atoms with Crippen LogP contribution in [0.15, 0.2) is 24.3 Å². The van der Waals surface area contributed by atoms with Gasteiger partial charge in [-0.2, -0.15) is 0 Å². The van der Waals surface area contributed by atoms with Crippen molar-refractivity contribution in [3.8, 4) is 0 Å². The Hall–Kier alpha value is -1.51. The fourth-order valence-corrected chi connectivity index (χ4v) is 2.33. The highest BCUT2D eigenvalue weighted by Gasteiger charge is 2.34. The summed E-state index contributed by atoms with van der Waals surface area (Å²) in [6.07, 6.45) is 1.06. The Labute approximate surface area is 103 Å². The first-order chi connectivity index (χ1) is 8.17. The lowest BCUT2D eigenvalue weighted by Crippen LogP contribution is -2.29. The summed E-state index contributed by atoms with van der Waals surface area (Å²) >= 11 is 0. The summed E-state index contributed by atoms with van der Waals surface area (Å²) in [4.78, 5) is 15.6. The average Bonchev–Trinajstić information content (AvgIpc) is 2.66. The molecule has 2 rings (SSSR count). The molecule has 3 heteroatoms. The van der Waals surface area contributed by atoms with Gasteiger partial charge in [-0.3, -0.25) is 0 Å². The molecule has 0 spiro atoms. The molecule has 1 atom stereocenters. The number of aryl methyl sites for hydroxylation is 1. The molecule has 1 aliphatic heterocycles. The van der Waals surface area contributed by atoms with Crippen LogP contribution in [0.4, 0.5) is 4.79 Å². The van der Waals surface area contributed by atoms with Gasteiger partial charge >= 0.3 is 6.03 Å². The fraction of sp³-hybridized carbons (Fsp3) is 0.500. The molecular formula is C14H20N2O. The zero-order valence-corrected chi connectivity index (χ0v) is 10.8. The third-order valence-corrected chi connectivity index (χ3v) is 3.59. The van der Waals surface area contributed by atoms with E-state index < -0.39 is 0 Å². The maximum Gasteiger partial charge on any atom is 0.320 e. The Balaban J connectivity index is 2.19. The molecule has 1 aromatic rings. The van der Waals surface area contributed by atoms with E-state index in [0.717, 1.165) is 19.5 Å². The van der Waals surface area contributed by atoms with Gasteiger partial charge in [-0.25, -0.2) is 4.79 Å². The van der Waals surface area contributed by atoms with Crippen molar-refractivity contribution < 1.29 is 4.79 Å². The van der Waals surface area contributed by atoms with Crippen LogP contribution in [0.3, 0.4) is 0 Å². The highest BCUT2D eigenvalue weighted by Crippen LogP contribution is 2.27. The molecule has 1 fully saturated rings. The molecule has 17 heavy (non-hydrogen) atoms. The van der Waals surface area contributed by atoms with E-state index in [1.165, 1.54) is 11.1 Å². The maximum absolute atomic E-state index is 11.9. The number of carbonyl (C=O) groups is 1. The molecule has 92 valence electrons. The van der Waals surface area contributed by atoms with Crippen LogP contribution in [0.2, 0.25) is 0 Å². The van der Waals surface area contributed by atoms with E-state index in [4.69, 9.17) is 0 Å². The molecular weight excluding hydrogens is 212 g/mol. The molecule has 1 unspecified atom stereocenters. The number of hydrogen-bond acceptors (Lipinski definition) is 1. The zero-order valence-electron chi connectivity index (χ0n) is 10.8. The van der Waals surface area contributed by atoms with Gasteiger partial charge in [-0.15, -0.1) is 0 Å². The van der Waals surface area contributed by atoms with E-state index in [1.807, 2.05) is 23.8 Å². The minimum Gasteiger partial charge on any atom is -0.323 e. The number of likely N-dealkylation sites (N-methyl/N-ethyl adjacent to an activating group) is 2. The maximum atomic E-state index is 11.9. The standard InChI is InChI=1S/C14H20N2O/c1-4-11-6-8-12(9-7-11)13-10-16(5-2)14(17)15(13)3/h6-9,13H,4-5,10H2,1-3H3. The second-order valence-corrected chi connectivity index (χ2v) is 4.54. The lowest BCUT2D eigenvalue weighted by Gasteiger charge is -2.18. The Bertz CT molecular complexity index is 399. The molecule has 0 radical (unpaired) electrons. The average molecular weight is 232 g/mol. The zero-order chi connectivity index (χ0) is 12.4. The summed E-state index contributed by atoms with van der Waals surface area (Å²) < 4.78 is 0. The van der Waals surface area contributed by atoms with E-state index in [9.17, 15) is 4.79 Å². The quantitative estimate of drug-likeness (QED) is 0.786. The van der Waals surface area contributed by atoms with Gasteiger partial charge in [-0.1, -0.05) is 31.2 Å². The topological polar surface area (TPSA) is 23.6 Å². The molecule has 2 amide bonds. The van der Waals surface area contributed by atoms with Crippen molar-refractivity contribution in [1.82, 2.24) is 9.80 Å². The lowest BCUT2D eigenvalue weighted by atomic mass is 10.0. The molecule has 0 N–H and O–H groups in total. The Morgan fingerprint density at radius 2 is 1.88 bits per heavy atom. The Morgan fingerprint density at radius 3 is 2.35 bits per heavy atom. The van der Waals surface area contributed by atoms with Crippen molar-refractivity contribution >= 4 is 6.03 Å². The minimum absolute atomic E-state index is 0.136. The third-order valence-electron chi connectivity index (χ3n) is 3.59. The smallest absolute Gasteiger partial charge is 0.320 e. The number of urea groups is 1. The third kappa shape index (κ3) is 2.14. The SMILES string of the molecule is CCc1ccc(C2CN(CC)C(=O)N2C)cc1. The Kier molecular flexibility index (Phi) is 3.36. The molecule has 0 bridgehead atoms. The van der Waals surface area contributed by atoms with Gasteiger partial charge in [0, 0.05) is 20.1 Å². The van der Waals surface area contributed by atoms with Gasteiger partial charge in [-0.05, 0) is 24.5 Å². The highest BCUT2D eigenvalue weighted by molar-refractivity contribution is 5.77. The first-order valence-electron chi connectivity index (χ1n) is 6.28. The predicted octanol–water partition coefficient (Wildman–Crippen LogP) is 2.68. The van der Waals surface area contributed by atoms with Crippen LogP contribution in [-0.4, -0.2) is 36.0 Å². The first-order valence-corrected chi connectivity index (χ1v) is 6.28. The number of nitrogens with zero attached hydrogens (tertiary/aromatic N) is 2. The van der Waals surface area contributed by atoms with Gasteiger partial charge in [0.25, 0.3) is 0 Å². The van der Waals surface area contributed by atoms with E-state index in [1.54, 1.807) is 0 Å². The largest absolute Gasteiger partial charge is 0.323 e. The van der Waals surface area contributed by atoms with Gasteiger partial charge < -0.3 is 9.80 Å². The number of rotatable bonds is 3. The molecule has 0 aromatic heterocycles. The van der Waals surface area contributed by atoms with E-state index in [-0.39, 0.29) is 12.1 Å². The number of hydrogen-bond donors (Lipinski definition) is 0. The van der Waals surface area contributed by atoms with Crippen LogP contribution in [0.25, 0.3) is 0 Å². The molecule has 1 saturated heterocycles. The van der Waals surface area contributed by atoms with Crippen LogP contribution in [-0.2, 0) is 6.42 Å². The monoisotopic (exact) mass is 232 g/mol. The fourth-order valence-electron chi connectivity index (χ4n) is 2.33. The van der Waals surface area contributed by atoms with Crippen LogP contribution in [0.1, 0.15) is 31.0 Å². The lowest BCUT2D eigenvalue weighted by molar-refractivity contribution is 0.197. The van der Waals surface area contributed by atoms with Gasteiger partial charge in [0.2, 0.25) is 0 Å². The number of amides is 2. The molecule has 0 saturated carbocycles. The molecule has 1 aromatic carbocycles. The normalized spacial score (nSPS) is 20.2. The minimum atomic E-state index is 0.136. The van der Waals surface area contributed by atoms with Crippen molar-refractivity contribution in [2.75, 3.05) is 20.1 Å². The highest BCUT2D eigenvalue weighted by atomic mass is 16.2. The van der Waals surface area contributed by atoms with Gasteiger partial charge in [0.1, 0.15) is 0 Å². The van der Waals surface area contributed by atoms with E-state index >= 15 is 0 Å². The van der Waals surface area contributed by atoms with E-state index in [2.05, 4.69) is 31.2 Å². The molecule has 0 aliphatic carbocycles. The second-order valence-electron chi connectivity index (χ2n) is 4.54. The van der Waals surface area contributed by atoms with Crippen molar-refractivity contribution in [2.24, 2.45) is 0 Å². The predicted molar refractivity (Wildman–Crippen MR) is 69.0 cm³/mol. The Morgan fingerprint density at radius 1 is 1.24 bits per heavy atom. The summed E-state index contributed by atoms with van der Waals surface area (Å²) in [5, 5.41) is 0. The molecule has 1 heterocycles. The molecule has 1 aliphatic rings. The summed E-state index contributed by atoms with van der Waals surface area (Å²) in [6, 6.07) is 8.94. The van der Waals surface area contributed by atoms with Crippen molar-refractivity contribution in [1.29, 1.82) is 0 Å². The van der Waals surface area contributed by atoms with Gasteiger partial charge in [0.15, 0.2) is 0 Å². The van der Waals surface area contributed by atoms with Crippen LogP contribution in [0, 0.1) is 0 Å². The summed E-state index contributed by atoms with van der Waals surface area (Å²) in [5.41, 5.74) is 2.57. The van der Waals surface area contributed by atoms with Crippen molar-refractivity contribution in [2.45, 2.75) is 26.3 Å². The summed E-state index contributed by atoms with van der Waals surface area (Å²) in [5.74, 6) is 0. The summed E-state index contributed by atoms with van der Waals surface area (Å²) in [7, 11) is 1.89. The second kappa shape index (κ2) is 4.78. The van der Waals surface area contributed by atoms with Crippen molar-refractivity contribution in [3.05, 3.63) is 35.4 Å². The van der Waals surface area contributed by atoms with Crippen LogP contribution >= 0.6 is 0 Å². The van der Waals surface area contributed by atoms with Crippen LogP contribution in [0.5, 0.6) is 0 Å². The summed E-state index contributed by atoms with van der Waals surface area (Å²) in [6.45, 7) is 5.76. The molecule has 3 nitrogen and oxygen atoms in total. The van der Waals surface area contributed by atoms with Crippen LogP contribution < -0.4 is 0 Å². The number of carbonyl (C=O) groups excluding carboxylic acids is 1. The van der Waals surface area contributed by atoms with Gasteiger partial charge in [0.05, 0.1) is 6.04 Å². The van der Waals surface area contributed by atoms with E-state index in [0.29, 0.717) is 0 Å². The number of benzene rings is 1.